The van der Waals surface area contributed by atoms with E-state index in [1.165, 1.54) is 0 Å². The van der Waals surface area contributed by atoms with Crippen molar-refractivity contribution in [2.45, 2.75) is 37.7 Å². The highest BCUT2D eigenvalue weighted by atomic mass is 16.3. The predicted octanol–water partition coefficient (Wildman–Crippen LogP) is 4.51. The summed E-state index contributed by atoms with van der Waals surface area (Å²) in [7, 11) is 1.78. The normalized spacial score (nSPS) is 15.8. The number of benzene rings is 2. The first kappa shape index (κ1) is 17.5. The Labute approximate surface area is 149 Å². The molecular formula is C21H26N2O2. The van der Waals surface area contributed by atoms with Gasteiger partial charge in [-0.2, -0.15) is 0 Å². The molecule has 25 heavy (non-hydrogen) atoms. The van der Waals surface area contributed by atoms with Crippen molar-refractivity contribution < 1.29 is 9.90 Å². The standard InChI is InChI=1S/C21H26N2O2/c1-23(16-15-21(25)13-7-8-14-21)20(24)22-19-12-6-5-11-18(19)17-9-3-2-4-10-17/h2-6,9-12,25H,7-8,13-16H2,1H3,(H,22,24). The van der Waals surface area contributed by atoms with Crippen LogP contribution in [0.1, 0.15) is 32.1 Å². The highest BCUT2D eigenvalue weighted by Gasteiger charge is 2.31. The fourth-order valence-electron chi connectivity index (χ4n) is 3.43. The smallest absolute Gasteiger partial charge is 0.321 e. The molecule has 1 fully saturated rings. The highest BCUT2D eigenvalue weighted by Crippen LogP contribution is 2.32. The molecule has 2 aromatic carbocycles. The first-order valence-electron chi connectivity index (χ1n) is 8.96. The van der Waals surface area contributed by atoms with Crippen molar-refractivity contribution in [1.29, 1.82) is 0 Å². The van der Waals surface area contributed by atoms with E-state index in [4.69, 9.17) is 0 Å². The maximum absolute atomic E-state index is 12.5. The van der Waals surface area contributed by atoms with Crippen molar-refractivity contribution in [3.05, 3.63) is 54.6 Å². The number of amides is 2. The van der Waals surface area contributed by atoms with Crippen LogP contribution in [0.5, 0.6) is 0 Å². The molecule has 1 saturated carbocycles. The Kier molecular flexibility index (Phi) is 5.39. The molecule has 0 atom stereocenters. The van der Waals surface area contributed by atoms with Crippen LogP contribution in [0.25, 0.3) is 11.1 Å². The lowest BCUT2D eigenvalue weighted by Crippen LogP contribution is -2.36. The Hall–Kier alpha value is -2.33. The Morgan fingerprint density at radius 1 is 1.08 bits per heavy atom. The van der Waals surface area contributed by atoms with Gasteiger partial charge >= 0.3 is 6.03 Å². The molecule has 0 spiro atoms. The third-order valence-electron chi connectivity index (χ3n) is 5.05. The van der Waals surface area contributed by atoms with E-state index >= 15 is 0 Å². The van der Waals surface area contributed by atoms with Crippen molar-refractivity contribution in [2.75, 3.05) is 18.9 Å². The molecular weight excluding hydrogens is 312 g/mol. The van der Waals surface area contributed by atoms with Gasteiger partial charge in [0.05, 0.1) is 11.3 Å². The maximum atomic E-state index is 12.5. The molecule has 0 heterocycles. The van der Waals surface area contributed by atoms with Gasteiger partial charge in [-0.3, -0.25) is 0 Å². The zero-order valence-electron chi connectivity index (χ0n) is 14.7. The second kappa shape index (κ2) is 7.70. The topological polar surface area (TPSA) is 52.6 Å². The maximum Gasteiger partial charge on any atom is 0.321 e. The average molecular weight is 338 g/mol. The summed E-state index contributed by atoms with van der Waals surface area (Å²) in [6.07, 6.45) is 4.49. The lowest BCUT2D eigenvalue weighted by Gasteiger charge is -2.26. The van der Waals surface area contributed by atoms with Crippen molar-refractivity contribution in [3.63, 3.8) is 0 Å². The number of anilines is 1. The Morgan fingerprint density at radius 2 is 1.72 bits per heavy atom. The third-order valence-corrected chi connectivity index (χ3v) is 5.05. The molecule has 3 rings (SSSR count). The van der Waals surface area contributed by atoms with Crippen LogP contribution in [0.3, 0.4) is 0 Å². The minimum Gasteiger partial charge on any atom is -0.390 e. The average Bonchev–Trinajstić information content (AvgIpc) is 3.08. The van der Waals surface area contributed by atoms with Gasteiger partial charge in [0.2, 0.25) is 0 Å². The second-order valence-electron chi connectivity index (χ2n) is 6.94. The van der Waals surface area contributed by atoms with E-state index in [1.807, 2.05) is 54.6 Å². The van der Waals surface area contributed by atoms with E-state index in [-0.39, 0.29) is 6.03 Å². The van der Waals surface area contributed by atoms with E-state index in [1.54, 1.807) is 11.9 Å². The molecule has 2 aromatic rings. The second-order valence-corrected chi connectivity index (χ2v) is 6.94. The van der Waals surface area contributed by atoms with E-state index in [9.17, 15) is 9.90 Å². The van der Waals surface area contributed by atoms with Gasteiger partial charge in [-0.05, 0) is 30.9 Å². The summed E-state index contributed by atoms with van der Waals surface area (Å²) < 4.78 is 0. The molecule has 132 valence electrons. The minimum atomic E-state index is -0.587. The molecule has 2 N–H and O–H groups in total. The summed E-state index contributed by atoms with van der Waals surface area (Å²) in [6, 6.07) is 17.7. The van der Waals surface area contributed by atoms with E-state index in [2.05, 4.69) is 5.32 Å². The van der Waals surface area contributed by atoms with Crippen molar-refractivity contribution >= 4 is 11.7 Å². The third kappa shape index (κ3) is 4.40. The summed E-state index contributed by atoms with van der Waals surface area (Å²) >= 11 is 0. The Balaban J connectivity index is 1.65. The fraction of sp³-hybridized carbons (Fsp3) is 0.381. The number of para-hydroxylation sites is 1. The van der Waals surface area contributed by atoms with Crippen LogP contribution < -0.4 is 5.32 Å². The van der Waals surface area contributed by atoms with Crippen LogP contribution in [0.4, 0.5) is 10.5 Å². The molecule has 1 aliphatic rings. The Bertz CT molecular complexity index is 709. The Morgan fingerprint density at radius 3 is 2.44 bits per heavy atom. The zero-order chi connectivity index (χ0) is 17.7. The molecule has 4 nitrogen and oxygen atoms in total. The van der Waals surface area contributed by atoms with Gasteiger partial charge < -0.3 is 15.3 Å². The summed E-state index contributed by atoms with van der Waals surface area (Å²) in [6.45, 7) is 0.551. The summed E-state index contributed by atoms with van der Waals surface area (Å²) in [5.41, 5.74) is 2.28. The number of carbonyl (C=O) groups excluding carboxylic acids is 1. The van der Waals surface area contributed by atoms with Gasteiger partial charge in [-0.15, -0.1) is 0 Å². The van der Waals surface area contributed by atoms with E-state index < -0.39 is 5.60 Å². The van der Waals surface area contributed by atoms with Gasteiger partial charge in [-0.1, -0.05) is 61.4 Å². The molecule has 0 aromatic heterocycles. The first-order chi connectivity index (χ1) is 12.1. The quantitative estimate of drug-likeness (QED) is 0.842. The lowest BCUT2D eigenvalue weighted by molar-refractivity contribution is 0.0335. The molecule has 2 amide bonds. The number of hydrogen-bond acceptors (Lipinski definition) is 2. The number of urea groups is 1. The van der Waals surface area contributed by atoms with Crippen molar-refractivity contribution in [2.24, 2.45) is 0 Å². The van der Waals surface area contributed by atoms with Crippen molar-refractivity contribution in [3.8, 4) is 11.1 Å². The van der Waals surface area contributed by atoms with Crippen LogP contribution in [0.2, 0.25) is 0 Å². The molecule has 1 aliphatic carbocycles. The number of carbonyl (C=O) groups is 1. The highest BCUT2D eigenvalue weighted by molar-refractivity contribution is 5.94. The summed E-state index contributed by atoms with van der Waals surface area (Å²) in [4.78, 5) is 14.2. The van der Waals surface area contributed by atoms with E-state index in [0.29, 0.717) is 13.0 Å². The van der Waals surface area contributed by atoms with Gasteiger partial charge in [0.15, 0.2) is 0 Å². The minimum absolute atomic E-state index is 0.148. The lowest BCUT2D eigenvalue weighted by atomic mass is 9.98. The van der Waals surface area contributed by atoms with E-state index in [0.717, 1.165) is 42.5 Å². The van der Waals surface area contributed by atoms with Gasteiger partial charge in [0, 0.05) is 19.2 Å². The van der Waals surface area contributed by atoms with Crippen LogP contribution >= 0.6 is 0 Å². The first-order valence-corrected chi connectivity index (χ1v) is 8.96. The van der Waals surface area contributed by atoms with Gasteiger partial charge in [0.25, 0.3) is 0 Å². The van der Waals surface area contributed by atoms with Crippen molar-refractivity contribution in [1.82, 2.24) is 4.90 Å². The monoisotopic (exact) mass is 338 g/mol. The molecule has 0 radical (unpaired) electrons. The largest absolute Gasteiger partial charge is 0.390 e. The fourth-order valence-corrected chi connectivity index (χ4v) is 3.43. The molecule has 0 aliphatic heterocycles. The zero-order valence-corrected chi connectivity index (χ0v) is 14.7. The van der Waals surface area contributed by atoms with Gasteiger partial charge in [0.1, 0.15) is 0 Å². The predicted molar refractivity (Wildman–Crippen MR) is 102 cm³/mol. The summed E-state index contributed by atoms with van der Waals surface area (Å²) in [5, 5.41) is 13.4. The number of nitrogens with zero attached hydrogens (tertiary/aromatic N) is 1. The molecule has 0 saturated heterocycles. The van der Waals surface area contributed by atoms with Crippen LogP contribution in [-0.2, 0) is 0 Å². The molecule has 4 heteroatoms. The number of nitrogens with one attached hydrogen (secondary N) is 1. The number of rotatable bonds is 5. The molecule has 0 bridgehead atoms. The van der Waals surface area contributed by atoms with Crippen LogP contribution in [-0.4, -0.2) is 35.2 Å². The molecule has 0 unspecified atom stereocenters. The van der Waals surface area contributed by atoms with Gasteiger partial charge in [-0.25, -0.2) is 4.79 Å². The SMILES string of the molecule is CN(CCC1(O)CCCC1)C(=O)Nc1ccccc1-c1ccccc1. The van der Waals surface area contributed by atoms with Crippen LogP contribution in [0.15, 0.2) is 54.6 Å². The number of hydrogen-bond donors (Lipinski definition) is 2. The van der Waals surface area contributed by atoms with Crippen LogP contribution in [0, 0.1) is 0 Å². The number of aliphatic hydroxyl groups is 1. The summed E-state index contributed by atoms with van der Waals surface area (Å²) in [5.74, 6) is 0.